The molecule has 0 aromatic carbocycles. The van der Waals surface area contributed by atoms with E-state index in [2.05, 4.69) is 32.8 Å². The van der Waals surface area contributed by atoms with E-state index in [1.54, 1.807) is 18.4 Å². The topological polar surface area (TPSA) is 51.4 Å². The number of hydrogen-bond donors (Lipinski definition) is 1. The van der Waals surface area contributed by atoms with Gasteiger partial charge in [-0.15, -0.1) is 0 Å². The predicted molar refractivity (Wildman–Crippen MR) is 85.5 cm³/mol. The number of pyridine rings is 1. The first-order chi connectivity index (χ1) is 10.3. The van der Waals surface area contributed by atoms with Crippen molar-refractivity contribution < 1.29 is 4.74 Å². The molecule has 1 atom stereocenters. The number of aromatic nitrogens is 1. The SMILES string of the molecule is COc1ccc(C(CN)N(Cc2ccsc2)C2CC2)cn1. The second-order valence-electron chi connectivity index (χ2n) is 5.42. The van der Waals surface area contributed by atoms with Gasteiger partial charge in [-0.2, -0.15) is 11.3 Å². The van der Waals surface area contributed by atoms with Gasteiger partial charge in [0.2, 0.25) is 5.88 Å². The smallest absolute Gasteiger partial charge is 0.212 e. The predicted octanol–water partition coefficient (Wildman–Crippen LogP) is 2.82. The van der Waals surface area contributed by atoms with Crippen molar-refractivity contribution in [1.82, 2.24) is 9.88 Å². The summed E-state index contributed by atoms with van der Waals surface area (Å²) in [5.74, 6) is 0.644. The van der Waals surface area contributed by atoms with Gasteiger partial charge in [-0.25, -0.2) is 4.98 Å². The Kier molecular flexibility index (Phi) is 4.53. The first-order valence-electron chi connectivity index (χ1n) is 7.28. The second-order valence-corrected chi connectivity index (χ2v) is 6.20. The van der Waals surface area contributed by atoms with E-state index in [1.807, 2.05) is 12.3 Å². The molecule has 112 valence electrons. The second kappa shape index (κ2) is 6.56. The number of methoxy groups -OCH3 is 1. The lowest BCUT2D eigenvalue weighted by atomic mass is 10.1. The Hall–Kier alpha value is -1.43. The standard InChI is InChI=1S/C16H21N3OS/c1-20-16-5-2-13(9-18-16)15(8-17)19(14-3-4-14)10-12-6-7-21-11-12/h2,5-7,9,11,14-15H,3-4,8,10,17H2,1H3. The zero-order valence-electron chi connectivity index (χ0n) is 12.2. The molecular formula is C16H21N3OS. The third-order valence-electron chi connectivity index (χ3n) is 3.94. The Morgan fingerprint density at radius 3 is 2.81 bits per heavy atom. The summed E-state index contributed by atoms with van der Waals surface area (Å²) < 4.78 is 5.13. The molecule has 0 saturated heterocycles. The Labute approximate surface area is 129 Å². The highest BCUT2D eigenvalue weighted by atomic mass is 32.1. The lowest BCUT2D eigenvalue weighted by Crippen LogP contribution is -2.35. The van der Waals surface area contributed by atoms with Crippen LogP contribution < -0.4 is 10.5 Å². The molecule has 2 aromatic heterocycles. The van der Waals surface area contributed by atoms with Crippen molar-refractivity contribution >= 4 is 11.3 Å². The van der Waals surface area contributed by atoms with Crippen LogP contribution in [0.5, 0.6) is 5.88 Å². The maximum atomic E-state index is 6.07. The van der Waals surface area contributed by atoms with Crippen molar-refractivity contribution in [3.8, 4) is 5.88 Å². The maximum absolute atomic E-state index is 6.07. The number of nitrogens with two attached hydrogens (primary N) is 1. The van der Waals surface area contributed by atoms with Crippen LogP contribution in [-0.2, 0) is 6.54 Å². The minimum Gasteiger partial charge on any atom is -0.481 e. The molecular weight excluding hydrogens is 282 g/mol. The summed E-state index contributed by atoms with van der Waals surface area (Å²) in [6.07, 6.45) is 4.42. The van der Waals surface area contributed by atoms with Gasteiger partial charge in [0.1, 0.15) is 0 Å². The molecule has 0 amide bonds. The van der Waals surface area contributed by atoms with Crippen molar-refractivity contribution in [2.75, 3.05) is 13.7 Å². The van der Waals surface area contributed by atoms with Gasteiger partial charge < -0.3 is 10.5 Å². The molecule has 1 fully saturated rings. The zero-order chi connectivity index (χ0) is 14.7. The number of rotatable bonds is 7. The van der Waals surface area contributed by atoms with Crippen molar-refractivity contribution in [1.29, 1.82) is 0 Å². The molecule has 5 heteroatoms. The first kappa shape index (κ1) is 14.5. The third-order valence-corrected chi connectivity index (χ3v) is 4.67. The minimum atomic E-state index is 0.218. The maximum Gasteiger partial charge on any atom is 0.212 e. The number of nitrogens with zero attached hydrogens (tertiary/aromatic N) is 2. The first-order valence-corrected chi connectivity index (χ1v) is 8.23. The molecule has 2 N–H and O–H groups in total. The highest BCUT2D eigenvalue weighted by Gasteiger charge is 2.34. The largest absolute Gasteiger partial charge is 0.481 e. The van der Waals surface area contributed by atoms with Gasteiger partial charge >= 0.3 is 0 Å². The lowest BCUT2D eigenvalue weighted by Gasteiger charge is -2.31. The van der Waals surface area contributed by atoms with Gasteiger partial charge in [0, 0.05) is 37.4 Å². The molecule has 3 rings (SSSR count). The monoisotopic (exact) mass is 303 g/mol. The van der Waals surface area contributed by atoms with Crippen LogP contribution in [0.1, 0.15) is 30.0 Å². The molecule has 2 aromatic rings. The van der Waals surface area contributed by atoms with Gasteiger partial charge in [0.05, 0.1) is 7.11 Å². The van der Waals surface area contributed by atoms with Crippen molar-refractivity contribution in [3.05, 3.63) is 46.3 Å². The summed E-state index contributed by atoms with van der Waals surface area (Å²) >= 11 is 1.75. The number of hydrogen-bond acceptors (Lipinski definition) is 5. The number of ether oxygens (including phenoxy) is 1. The highest BCUT2D eigenvalue weighted by molar-refractivity contribution is 7.07. The fourth-order valence-electron chi connectivity index (χ4n) is 2.67. The molecule has 0 radical (unpaired) electrons. The summed E-state index contributed by atoms with van der Waals surface area (Å²) in [6, 6.07) is 7.05. The molecule has 21 heavy (non-hydrogen) atoms. The van der Waals surface area contributed by atoms with Gasteiger partial charge in [0.15, 0.2) is 0 Å². The van der Waals surface area contributed by atoms with Crippen LogP contribution in [0.4, 0.5) is 0 Å². The average molecular weight is 303 g/mol. The van der Waals surface area contributed by atoms with E-state index in [4.69, 9.17) is 10.5 Å². The van der Waals surface area contributed by atoms with Gasteiger partial charge in [0.25, 0.3) is 0 Å². The highest BCUT2D eigenvalue weighted by Crippen LogP contribution is 2.35. The van der Waals surface area contributed by atoms with Gasteiger partial charge in [-0.3, -0.25) is 4.90 Å². The molecule has 1 aliphatic carbocycles. The fourth-order valence-corrected chi connectivity index (χ4v) is 3.33. The van der Waals surface area contributed by atoms with Crippen LogP contribution in [0.2, 0.25) is 0 Å². The van der Waals surface area contributed by atoms with E-state index in [1.165, 1.54) is 24.0 Å². The van der Waals surface area contributed by atoms with E-state index in [0.29, 0.717) is 18.5 Å². The van der Waals surface area contributed by atoms with Crippen molar-refractivity contribution in [2.45, 2.75) is 31.5 Å². The Balaban J connectivity index is 1.80. The van der Waals surface area contributed by atoms with Crippen LogP contribution in [0, 0.1) is 0 Å². The summed E-state index contributed by atoms with van der Waals surface area (Å²) in [6.45, 7) is 1.57. The Morgan fingerprint density at radius 2 is 2.29 bits per heavy atom. The normalized spacial score (nSPS) is 16.1. The van der Waals surface area contributed by atoms with E-state index < -0.39 is 0 Å². The summed E-state index contributed by atoms with van der Waals surface area (Å²) in [7, 11) is 1.63. The van der Waals surface area contributed by atoms with E-state index in [0.717, 1.165) is 6.54 Å². The van der Waals surface area contributed by atoms with Gasteiger partial charge in [-0.05, 0) is 40.8 Å². The Morgan fingerprint density at radius 1 is 1.43 bits per heavy atom. The lowest BCUT2D eigenvalue weighted by molar-refractivity contribution is 0.181. The van der Waals surface area contributed by atoms with Crippen LogP contribution in [0.25, 0.3) is 0 Å². The fraction of sp³-hybridized carbons (Fsp3) is 0.438. The van der Waals surface area contributed by atoms with Gasteiger partial charge in [-0.1, -0.05) is 6.07 Å². The van der Waals surface area contributed by atoms with E-state index in [-0.39, 0.29) is 6.04 Å². The third kappa shape index (κ3) is 3.43. The minimum absolute atomic E-state index is 0.218. The van der Waals surface area contributed by atoms with Crippen molar-refractivity contribution in [2.24, 2.45) is 5.73 Å². The molecule has 0 aliphatic heterocycles. The summed E-state index contributed by atoms with van der Waals surface area (Å²) in [5, 5.41) is 4.35. The molecule has 1 aliphatic rings. The quantitative estimate of drug-likeness (QED) is 0.854. The van der Waals surface area contributed by atoms with Crippen LogP contribution >= 0.6 is 11.3 Å². The molecule has 0 bridgehead atoms. The molecule has 2 heterocycles. The van der Waals surface area contributed by atoms with Crippen LogP contribution in [-0.4, -0.2) is 29.6 Å². The number of thiophene rings is 1. The average Bonchev–Trinajstić information content (AvgIpc) is 3.25. The molecule has 4 nitrogen and oxygen atoms in total. The van der Waals surface area contributed by atoms with Crippen LogP contribution in [0.15, 0.2) is 35.2 Å². The molecule has 0 spiro atoms. The van der Waals surface area contributed by atoms with Crippen LogP contribution in [0.3, 0.4) is 0 Å². The summed E-state index contributed by atoms with van der Waals surface area (Å²) in [4.78, 5) is 6.84. The molecule has 1 saturated carbocycles. The van der Waals surface area contributed by atoms with Crippen molar-refractivity contribution in [3.63, 3.8) is 0 Å². The summed E-state index contributed by atoms with van der Waals surface area (Å²) in [5.41, 5.74) is 8.61. The van der Waals surface area contributed by atoms with E-state index >= 15 is 0 Å². The zero-order valence-corrected chi connectivity index (χ0v) is 13.1. The Bertz CT molecular complexity index is 551. The molecule has 1 unspecified atom stereocenters. The van der Waals surface area contributed by atoms with E-state index in [9.17, 15) is 0 Å².